The van der Waals surface area contributed by atoms with Crippen LogP contribution in [-0.4, -0.2) is 6.71 Å². The number of allylic oxidation sites excluding steroid dienone is 3. The van der Waals surface area contributed by atoms with Crippen LogP contribution in [0, 0.1) is 0 Å². The summed E-state index contributed by atoms with van der Waals surface area (Å²) in [4.78, 5) is 0. The van der Waals surface area contributed by atoms with Gasteiger partial charge in [0.15, 0.2) is 6.71 Å². The fourth-order valence-electron chi connectivity index (χ4n) is 1.22. The molecule has 0 amide bonds. The first-order valence-electron chi connectivity index (χ1n) is 3.94. The van der Waals surface area contributed by atoms with Gasteiger partial charge in [-0.15, -0.1) is 5.98 Å². The molecule has 1 aliphatic heterocycles. The fourth-order valence-corrected chi connectivity index (χ4v) is 1.22. The zero-order valence-corrected chi connectivity index (χ0v) is 13.5. The van der Waals surface area contributed by atoms with Crippen LogP contribution in [0.1, 0.15) is 20.8 Å². The number of hydrogen-bond acceptors (Lipinski definition) is 0. The SMILES string of the molecule is CC(C)(C)B1C=CC=CC1.[Cl-].[Cl-].[Cl-].[Zr+3]. The van der Waals surface area contributed by atoms with Gasteiger partial charge in [0.2, 0.25) is 0 Å². The molecule has 79 valence electrons. The van der Waals surface area contributed by atoms with Gasteiger partial charge in [0.1, 0.15) is 0 Å². The summed E-state index contributed by atoms with van der Waals surface area (Å²) in [5.74, 6) is 2.31. The molecular formula is C9H15BCl3Zr. The van der Waals surface area contributed by atoms with Gasteiger partial charge in [-0.25, -0.2) is 0 Å². The summed E-state index contributed by atoms with van der Waals surface area (Å²) in [6, 6.07) is 0. The maximum absolute atomic E-state index is 2.31. The fraction of sp³-hybridized carbons (Fsp3) is 0.556. The minimum atomic E-state index is 0. The van der Waals surface area contributed by atoms with Crippen LogP contribution in [0.3, 0.4) is 0 Å². The van der Waals surface area contributed by atoms with Crippen molar-refractivity contribution in [2.45, 2.75) is 32.4 Å². The first kappa shape index (κ1) is 24.5. The van der Waals surface area contributed by atoms with Crippen LogP contribution >= 0.6 is 0 Å². The molecular weight excluding hydrogens is 316 g/mol. The van der Waals surface area contributed by atoms with Crippen LogP contribution in [0.25, 0.3) is 0 Å². The van der Waals surface area contributed by atoms with Crippen LogP contribution in [0.5, 0.6) is 0 Å². The summed E-state index contributed by atoms with van der Waals surface area (Å²) in [6.07, 6.45) is 7.73. The average Bonchev–Trinajstić information content (AvgIpc) is 1.88. The Morgan fingerprint density at radius 2 is 1.50 bits per heavy atom. The normalized spacial score (nSPS) is 12.9. The monoisotopic (exact) mass is 329 g/mol. The summed E-state index contributed by atoms with van der Waals surface area (Å²) >= 11 is 0. The van der Waals surface area contributed by atoms with Gasteiger partial charge in [-0.3, -0.25) is 0 Å². The smallest absolute Gasteiger partial charge is 1.00 e. The molecule has 14 heavy (non-hydrogen) atoms. The topological polar surface area (TPSA) is 0 Å². The Bertz CT molecular complexity index is 175. The van der Waals surface area contributed by atoms with Crippen molar-refractivity contribution in [2.24, 2.45) is 0 Å². The Morgan fingerprint density at radius 3 is 1.71 bits per heavy atom. The molecule has 0 atom stereocenters. The summed E-state index contributed by atoms with van der Waals surface area (Å²) < 4.78 is 0. The van der Waals surface area contributed by atoms with E-state index in [-0.39, 0.29) is 63.4 Å². The van der Waals surface area contributed by atoms with Gasteiger partial charge in [0.05, 0.1) is 0 Å². The third-order valence-electron chi connectivity index (χ3n) is 2.09. The molecule has 0 aromatic heterocycles. The summed E-state index contributed by atoms with van der Waals surface area (Å²) in [6.45, 7) is 7.61. The molecule has 0 saturated heterocycles. The van der Waals surface area contributed by atoms with Crippen molar-refractivity contribution in [1.29, 1.82) is 0 Å². The largest absolute Gasteiger partial charge is 3.00 e. The molecule has 1 heterocycles. The van der Waals surface area contributed by atoms with Crippen molar-refractivity contribution >= 4 is 6.71 Å². The Morgan fingerprint density at radius 1 is 1.00 bits per heavy atom. The average molecular weight is 332 g/mol. The minimum Gasteiger partial charge on any atom is -1.00 e. The second-order valence-electron chi connectivity index (χ2n) is 4.02. The molecule has 1 rings (SSSR count). The van der Waals surface area contributed by atoms with Crippen LogP contribution in [0.15, 0.2) is 24.2 Å². The first-order chi connectivity index (χ1) is 4.61. The molecule has 1 aliphatic rings. The van der Waals surface area contributed by atoms with Gasteiger partial charge in [-0.2, -0.15) is 0 Å². The van der Waals surface area contributed by atoms with E-state index in [9.17, 15) is 0 Å². The van der Waals surface area contributed by atoms with E-state index in [0.717, 1.165) is 6.71 Å². The molecule has 0 fully saturated rings. The van der Waals surface area contributed by atoms with Crippen molar-refractivity contribution in [2.75, 3.05) is 0 Å². The molecule has 0 bridgehead atoms. The van der Waals surface area contributed by atoms with E-state index in [1.165, 1.54) is 6.32 Å². The Balaban J connectivity index is -0.000000125. The van der Waals surface area contributed by atoms with E-state index in [2.05, 4.69) is 45.0 Å². The van der Waals surface area contributed by atoms with Crippen LogP contribution in [0.2, 0.25) is 11.6 Å². The van der Waals surface area contributed by atoms with E-state index in [1.54, 1.807) is 0 Å². The van der Waals surface area contributed by atoms with Crippen molar-refractivity contribution < 1.29 is 63.4 Å². The third kappa shape index (κ3) is 8.59. The minimum absolute atomic E-state index is 0. The maximum Gasteiger partial charge on any atom is 3.00 e. The van der Waals surface area contributed by atoms with Crippen LogP contribution < -0.4 is 37.2 Å². The predicted octanol–water partition coefficient (Wildman–Crippen LogP) is -6.04. The Labute approximate surface area is 126 Å². The van der Waals surface area contributed by atoms with Crippen molar-refractivity contribution in [3.8, 4) is 0 Å². The van der Waals surface area contributed by atoms with Crippen molar-refractivity contribution in [3.05, 3.63) is 24.2 Å². The standard InChI is InChI=1S/C9H15B.3ClH.Zr/c1-9(2,3)10-7-5-4-6-8-10;;;;/h4-7H,8H2,1-3H3;3*1H;/q;;;;+3/p-3. The van der Waals surface area contributed by atoms with Crippen molar-refractivity contribution in [1.82, 2.24) is 0 Å². The summed E-state index contributed by atoms with van der Waals surface area (Å²) in [5, 5.41) is 0.432. The Hall–Kier alpha value is 1.30. The van der Waals surface area contributed by atoms with Gasteiger partial charge < -0.3 is 37.2 Å². The van der Waals surface area contributed by atoms with Gasteiger partial charge >= 0.3 is 26.2 Å². The zero-order chi connectivity index (χ0) is 7.61. The summed E-state index contributed by atoms with van der Waals surface area (Å²) in [7, 11) is 0. The van der Waals surface area contributed by atoms with Gasteiger partial charge in [-0.05, 0) is 0 Å². The third-order valence-corrected chi connectivity index (χ3v) is 2.09. The van der Waals surface area contributed by atoms with E-state index in [0.29, 0.717) is 5.31 Å². The molecule has 0 aromatic rings. The summed E-state index contributed by atoms with van der Waals surface area (Å²) in [5.41, 5.74) is 0. The number of hydrogen-bond donors (Lipinski definition) is 0. The molecule has 0 aromatic carbocycles. The molecule has 0 saturated carbocycles. The number of halogens is 3. The maximum atomic E-state index is 2.31. The zero-order valence-electron chi connectivity index (χ0n) is 8.73. The van der Waals surface area contributed by atoms with Gasteiger partial charge in [0, 0.05) is 0 Å². The molecule has 0 spiro atoms. The van der Waals surface area contributed by atoms with Crippen molar-refractivity contribution in [3.63, 3.8) is 0 Å². The molecule has 1 radical (unpaired) electrons. The van der Waals surface area contributed by atoms with E-state index in [4.69, 9.17) is 0 Å². The van der Waals surface area contributed by atoms with Crippen LogP contribution in [-0.2, 0) is 26.2 Å². The van der Waals surface area contributed by atoms with E-state index < -0.39 is 0 Å². The second-order valence-corrected chi connectivity index (χ2v) is 4.02. The number of rotatable bonds is 0. The Kier molecular flexibility index (Phi) is 18.9. The molecule has 0 N–H and O–H groups in total. The van der Waals surface area contributed by atoms with E-state index >= 15 is 0 Å². The second kappa shape index (κ2) is 10.8. The quantitative estimate of drug-likeness (QED) is 0.388. The van der Waals surface area contributed by atoms with Gasteiger partial charge in [0.25, 0.3) is 0 Å². The molecule has 0 unspecified atom stereocenters. The molecule has 5 heteroatoms. The van der Waals surface area contributed by atoms with Crippen LogP contribution in [0.4, 0.5) is 0 Å². The molecule has 0 nitrogen and oxygen atoms in total. The first-order valence-corrected chi connectivity index (χ1v) is 3.94. The van der Waals surface area contributed by atoms with Gasteiger partial charge in [-0.1, -0.05) is 50.6 Å². The predicted molar refractivity (Wildman–Crippen MR) is 48.6 cm³/mol. The van der Waals surface area contributed by atoms with E-state index in [1.807, 2.05) is 0 Å². The molecule has 0 aliphatic carbocycles.